The first-order valence-electron chi connectivity index (χ1n) is 7.68. The molecule has 2 rings (SSSR count). The zero-order valence-corrected chi connectivity index (χ0v) is 12.5. The molecule has 1 N–H and O–H groups in total. The fourth-order valence-corrected chi connectivity index (χ4v) is 2.70. The van der Waals surface area contributed by atoms with E-state index in [4.69, 9.17) is 4.74 Å². The molecule has 0 radical (unpaired) electrons. The maximum absolute atomic E-state index is 11.9. The van der Waals surface area contributed by atoms with Crippen LogP contribution in [0.4, 0.5) is 0 Å². The van der Waals surface area contributed by atoms with Crippen LogP contribution >= 0.6 is 0 Å². The molecule has 1 aromatic rings. The predicted molar refractivity (Wildman–Crippen MR) is 80.5 cm³/mol. The summed E-state index contributed by atoms with van der Waals surface area (Å²) in [5, 5.41) is 2.84. The van der Waals surface area contributed by atoms with Crippen LogP contribution in [0.25, 0.3) is 0 Å². The monoisotopic (exact) mass is 289 g/mol. The molecule has 1 aliphatic carbocycles. The predicted octanol–water partition coefficient (Wildman–Crippen LogP) is 2.99. The Balaban J connectivity index is 1.73. The molecule has 114 valence electrons. The van der Waals surface area contributed by atoms with Crippen LogP contribution in [-0.4, -0.2) is 18.5 Å². The van der Waals surface area contributed by atoms with Crippen LogP contribution in [-0.2, 0) is 14.3 Å². The molecule has 0 aliphatic heterocycles. The smallest absolute Gasteiger partial charge is 0.309 e. The Bertz CT molecular complexity index is 466. The second kappa shape index (κ2) is 7.81. The van der Waals surface area contributed by atoms with Crippen LogP contribution in [0.5, 0.6) is 0 Å². The normalized spacial score (nSPS) is 17.0. The molecular formula is C17H23NO3. The molecule has 1 aromatic carbocycles. The molecular weight excluding hydrogens is 266 g/mol. The van der Waals surface area contributed by atoms with Crippen molar-refractivity contribution in [2.45, 2.75) is 45.1 Å². The first kappa shape index (κ1) is 15.5. The lowest BCUT2D eigenvalue weighted by Crippen LogP contribution is -2.32. The topological polar surface area (TPSA) is 55.4 Å². The number of ether oxygens (including phenoxy) is 1. The van der Waals surface area contributed by atoms with Gasteiger partial charge in [0.25, 0.3) is 5.91 Å². The van der Waals surface area contributed by atoms with Crippen molar-refractivity contribution >= 4 is 11.9 Å². The summed E-state index contributed by atoms with van der Waals surface area (Å²) in [5.74, 6) is -0.495. The average Bonchev–Trinajstić information content (AvgIpc) is 2.54. The van der Waals surface area contributed by atoms with Crippen LogP contribution in [0.15, 0.2) is 30.3 Å². The number of hydrogen-bond donors (Lipinski definition) is 1. The molecule has 0 unspecified atom stereocenters. The van der Waals surface area contributed by atoms with Crippen molar-refractivity contribution in [3.63, 3.8) is 0 Å². The van der Waals surface area contributed by atoms with Gasteiger partial charge < -0.3 is 10.1 Å². The molecule has 1 fully saturated rings. The van der Waals surface area contributed by atoms with Gasteiger partial charge in [-0.05, 0) is 25.3 Å². The summed E-state index contributed by atoms with van der Waals surface area (Å²) in [7, 11) is 0. The number of hydrogen-bond acceptors (Lipinski definition) is 3. The molecule has 1 amide bonds. The van der Waals surface area contributed by atoms with E-state index < -0.39 is 0 Å². The van der Waals surface area contributed by atoms with Gasteiger partial charge in [-0.3, -0.25) is 9.59 Å². The Morgan fingerprint density at radius 3 is 2.52 bits per heavy atom. The van der Waals surface area contributed by atoms with E-state index in [1.165, 1.54) is 6.42 Å². The highest BCUT2D eigenvalue weighted by Gasteiger charge is 2.23. The van der Waals surface area contributed by atoms with Crippen molar-refractivity contribution in [3.05, 3.63) is 35.9 Å². The minimum Gasteiger partial charge on any atom is -0.455 e. The lowest BCUT2D eigenvalue weighted by atomic mass is 9.89. The second-order valence-electron chi connectivity index (χ2n) is 5.64. The Labute approximate surface area is 125 Å². The molecule has 0 aromatic heterocycles. The summed E-state index contributed by atoms with van der Waals surface area (Å²) in [6, 6.07) is 9.62. The first-order chi connectivity index (χ1) is 10.2. The van der Waals surface area contributed by atoms with Gasteiger partial charge in [0.2, 0.25) is 0 Å². The van der Waals surface area contributed by atoms with Gasteiger partial charge in [0.15, 0.2) is 6.61 Å². The molecule has 21 heavy (non-hydrogen) atoms. The molecule has 1 saturated carbocycles. The molecule has 0 saturated heterocycles. The van der Waals surface area contributed by atoms with Crippen LogP contribution < -0.4 is 5.32 Å². The lowest BCUT2D eigenvalue weighted by molar-refractivity contribution is -0.153. The third-order valence-electron chi connectivity index (χ3n) is 3.96. The van der Waals surface area contributed by atoms with E-state index in [1.54, 1.807) is 0 Å². The van der Waals surface area contributed by atoms with Gasteiger partial charge in [-0.15, -0.1) is 0 Å². The fraction of sp³-hybridized carbons (Fsp3) is 0.529. The van der Waals surface area contributed by atoms with E-state index in [9.17, 15) is 9.59 Å². The summed E-state index contributed by atoms with van der Waals surface area (Å²) < 4.78 is 5.13. The van der Waals surface area contributed by atoms with Gasteiger partial charge in [0, 0.05) is 0 Å². The van der Waals surface area contributed by atoms with Crippen LogP contribution in [0, 0.1) is 5.92 Å². The van der Waals surface area contributed by atoms with Crippen LogP contribution in [0.1, 0.15) is 50.6 Å². The highest BCUT2D eigenvalue weighted by Crippen LogP contribution is 2.24. The van der Waals surface area contributed by atoms with Gasteiger partial charge in [0.1, 0.15) is 0 Å². The Morgan fingerprint density at radius 2 is 1.86 bits per heavy atom. The zero-order valence-electron chi connectivity index (χ0n) is 12.5. The molecule has 4 nitrogen and oxygen atoms in total. The zero-order chi connectivity index (χ0) is 15.1. The average molecular weight is 289 g/mol. The summed E-state index contributed by atoms with van der Waals surface area (Å²) in [4.78, 5) is 23.7. The van der Waals surface area contributed by atoms with E-state index >= 15 is 0 Å². The summed E-state index contributed by atoms with van der Waals surface area (Å²) in [6.45, 7) is 1.72. The molecule has 0 heterocycles. The standard InChI is InChI=1S/C17H23NO3/c1-13(14-8-4-2-5-9-14)18-16(19)12-21-17(20)15-10-6-3-7-11-15/h2,4-5,8-9,13,15H,3,6-7,10-12H2,1H3,(H,18,19)/t13-/m1/s1. The highest BCUT2D eigenvalue weighted by atomic mass is 16.5. The SMILES string of the molecule is C[C@@H](NC(=O)COC(=O)C1CCCCC1)c1ccccc1. The van der Waals surface area contributed by atoms with E-state index in [1.807, 2.05) is 37.3 Å². The molecule has 4 heteroatoms. The van der Waals surface area contributed by atoms with Gasteiger partial charge in [-0.25, -0.2) is 0 Å². The number of nitrogens with one attached hydrogen (secondary N) is 1. The second-order valence-corrected chi connectivity index (χ2v) is 5.64. The van der Waals surface area contributed by atoms with Gasteiger partial charge in [-0.2, -0.15) is 0 Å². The number of amides is 1. The quantitative estimate of drug-likeness (QED) is 0.848. The number of carbonyl (C=O) groups excluding carboxylic acids is 2. The lowest BCUT2D eigenvalue weighted by Gasteiger charge is -2.20. The largest absolute Gasteiger partial charge is 0.455 e. The molecule has 1 atom stereocenters. The van der Waals surface area contributed by atoms with Gasteiger partial charge >= 0.3 is 5.97 Å². The molecule has 0 bridgehead atoms. The number of benzene rings is 1. The van der Waals surface area contributed by atoms with Crippen molar-refractivity contribution in [2.24, 2.45) is 5.92 Å². The molecule has 1 aliphatic rings. The van der Waals surface area contributed by atoms with Crippen molar-refractivity contribution in [1.82, 2.24) is 5.32 Å². The number of esters is 1. The van der Waals surface area contributed by atoms with Crippen molar-refractivity contribution < 1.29 is 14.3 Å². The van der Waals surface area contributed by atoms with Crippen LogP contribution in [0.2, 0.25) is 0 Å². The number of rotatable bonds is 5. The van der Waals surface area contributed by atoms with E-state index in [-0.39, 0.29) is 30.4 Å². The van der Waals surface area contributed by atoms with E-state index in [0.717, 1.165) is 31.2 Å². The first-order valence-corrected chi connectivity index (χ1v) is 7.68. The minimum absolute atomic E-state index is 0.0157. The third-order valence-corrected chi connectivity index (χ3v) is 3.96. The third kappa shape index (κ3) is 4.88. The Morgan fingerprint density at radius 1 is 1.19 bits per heavy atom. The van der Waals surface area contributed by atoms with Crippen molar-refractivity contribution in [1.29, 1.82) is 0 Å². The maximum atomic E-state index is 11.9. The van der Waals surface area contributed by atoms with Crippen LogP contribution in [0.3, 0.4) is 0 Å². The highest BCUT2D eigenvalue weighted by molar-refractivity contribution is 5.81. The molecule has 0 spiro atoms. The Hall–Kier alpha value is -1.84. The van der Waals surface area contributed by atoms with Gasteiger partial charge in [-0.1, -0.05) is 49.6 Å². The summed E-state index contributed by atoms with van der Waals surface area (Å²) >= 11 is 0. The Kier molecular flexibility index (Phi) is 5.78. The van der Waals surface area contributed by atoms with E-state index in [2.05, 4.69) is 5.32 Å². The van der Waals surface area contributed by atoms with Gasteiger partial charge in [0.05, 0.1) is 12.0 Å². The summed E-state index contributed by atoms with van der Waals surface area (Å²) in [5.41, 5.74) is 1.03. The minimum atomic E-state index is -0.254. The maximum Gasteiger partial charge on any atom is 0.309 e. The number of carbonyl (C=O) groups is 2. The van der Waals surface area contributed by atoms with Crippen molar-refractivity contribution in [3.8, 4) is 0 Å². The van der Waals surface area contributed by atoms with Crippen molar-refractivity contribution in [2.75, 3.05) is 6.61 Å². The summed E-state index contributed by atoms with van der Waals surface area (Å²) in [6.07, 6.45) is 5.13. The fourth-order valence-electron chi connectivity index (χ4n) is 2.70. The van der Waals surface area contributed by atoms with E-state index in [0.29, 0.717) is 0 Å².